The number of fused-ring (bicyclic) bond motifs is 1. The topological polar surface area (TPSA) is 66.5 Å². The summed E-state index contributed by atoms with van der Waals surface area (Å²) in [6.07, 6.45) is 1.30. The molecule has 1 saturated heterocycles. The Morgan fingerprint density at radius 2 is 1.72 bits per heavy atom. The minimum atomic E-state index is -3.66. The number of hydrogen-bond acceptors (Lipinski definition) is 3. The lowest BCUT2D eigenvalue weighted by Crippen LogP contribution is -2.43. The number of carbonyl (C=O) groups excluding carboxylic acids is 1. The summed E-state index contributed by atoms with van der Waals surface area (Å²) in [6.45, 7) is 0.574. The minimum Gasteiger partial charge on any atom is -0.325 e. The van der Waals surface area contributed by atoms with Crippen molar-refractivity contribution in [3.05, 3.63) is 71.8 Å². The maximum atomic E-state index is 13.0. The van der Waals surface area contributed by atoms with Gasteiger partial charge in [-0.15, -0.1) is 0 Å². The summed E-state index contributed by atoms with van der Waals surface area (Å²) < 4.78 is 27.3. The van der Waals surface area contributed by atoms with Crippen LogP contribution < -0.4 is 5.32 Å². The average Bonchev–Trinajstić information content (AvgIpc) is 2.74. The lowest BCUT2D eigenvalue weighted by Gasteiger charge is -2.31. The number of nitrogens with zero attached hydrogens (tertiary/aromatic N) is 1. The first kappa shape index (κ1) is 19.9. The van der Waals surface area contributed by atoms with Gasteiger partial charge in [0.1, 0.15) is 0 Å². The van der Waals surface area contributed by atoms with E-state index < -0.39 is 15.9 Å². The van der Waals surface area contributed by atoms with E-state index in [-0.39, 0.29) is 17.3 Å². The van der Waals surface area contributed by atoms with Gasteiger partial charge >= 0.3 is 0 Å². The van der Waals surface area contributed by atoms with Crippen molar-refractivity contribution >= 4 is 44.0 Å². The van der Waals surface area contributed by atoms with E-state index in [4.69, 9.17) is 11.6 Å². The number of carbonyl (C=O) groups is 1. The summed E-state index contributed by atoms with van der Waals surface area (Å²) in [7, 11) is -3.66. The van der Waals surface area contributed by atoms with Gasteiger partial charge in [0.25, 0.3) is 0 Å². The average molecular weight is 429 g/mol. The van der Waals surface area contributed by atoms with Crippen molar-refractivity contribution in [2.45, 2.75) is 17.7 Å². The molecule has 1 amide bonds. The third kappa shape index (κ3) is 4.15. The molecule has 150 valence electrons. The van der Waals surface area contributed by atoms with E-state index in [1.807, 2.05) is 42.5 Å². The minimum absolute atomic E-state index is 0.155. The number of rotatable bonds is 4. The summed E-state index contributed by atoms with van der Waals surface area (Å²) in [4.78, 5) is 13.1. The van der Waals surface area contributed by atoms with E-state index in [2.05, 4.69) is 5.32 Å². The molecule has 1 N–H and O–H groups in total. The second-order valence-electron chi connectivity index (χ2n) is 7.17. The molecule has 0 aliphatic carbocycles. The standard InChI is InChI=1S/C22H21ClN2O3S/c23-18-10-12-19(13-11-18)29(27,28)25-14-4-7-17(15-25)22(26)24-21-9-3-6-16-5-1-2-8-20(16)21/h1-3,5-6,8-13,17H,4,7,14-15H2,(H,24,26)/t17-/m1/s1. The van der Waals surface area contributed by atoms with Crippen molar-refractivity contribution < 1.29 is 13.2 Å². The molecular weight excluding hydrogens is 408 g/mol. The van der Waals surface area contributed by atoms with Crippen molar-refractivity contribution in [3.8, 4) is 0 Å². The normalized spacial score (nSPS) is 17.9. The number of benzene rings is 3. The van der Waals surface area contributed by atoms with Gasteiger partial charge in [0, 0.05) is 29.2 Å². The number of sulfonamides is 1. The predicted molar refractivity (Wildman–Crippen MR) is 116 cm³/mol. The summed E-state index contributed by atoms with van der Waals surface area (Å²) in [5.74, 6) is -0.554. The number of hydrogen-bond donors (Lipinski definition) is 1. The Labute approximate surface area is 175 Å². The third-order valence-electron chi connectivity index (χ3n) is 5.25. The summed E-state index contributed by atoms with van der Waals surface area (Å²) in [5, 5.41) is 5.48. The second kappa shape index (κ2) is 8.14. The largest absolute Gasteiger partial charge is 0.325 e. The first-order chi connectivity index (χ1) is 13.9. The van der Waals surface area contributed by atoms with Gasteiger partial charge in [-0.3, -0.25) is 4.79 Å². The van der Waals surface area contributed by atoms with E-state index in [0.717, 1.165) is 16.5 Å². The van der Waals surface area contributed by atoms with Crippen LogP contribution in [0.5, 0.6) is 0 Å². The fourth-order valence-electron chi connectivity index (χ4n) is 3.70. The van der Waals surface area contributed by atoms with Crippen LogP contribution in [-0.2, 0) is 14.8 Å². The summed E-state index contributed by atoms with van der Waals surface area (Å²) in [6, 6.07) is 19.7. The van der Waals surface area contributed by atoms with Gasteiger partial charge in [-0.05, 0) is 48.6 Å². The zero-order valence-electron chi connectivity index (χ0n) is 15.7. The molecule has 4 rings (SSSR count). The van der Waals surface area contributed by atoms with Crippen LogP contribution in [0.1, 0.15) is 12.8 Å². The SMILES string of the molecule is O=C(Nc1cccc2ccccc12)[C@@H]1CCCN(S(=O)(=O)c2ccc(Cl)cc2)C1. The Bertz CT molecular complexity index is 1140. The molecule has 3 aromatic carbocycles. The fraction of sp³-hybridized carbons (Fsp3) is 0.227. The lowest BCUT2D eigenvalue weighted by molar-refractivity contribution is -0.120. The highest BCUT2D eigenvalue weighted by Gasteiger charge is 2.33. The van der Waals surface area contributed by atoms with E-state index in [1.165, 1.54) is 16.4 Å². The van der Waals surface area contributed by atoms with Gasteiger partial charge in [-0.2, -0.15) is 4.31 Å². The second-order valence-corrected chi connectivity index (χ2v) is 9.55. The third-order valence-corrected chi connectivity index (χ3v) is 7.39. The van der Waals surface area contributed by atoms with Gasteiger partial charge in [-0.25, -0.2) is 8.42 Å². The van der Waals surface area contributed by atoms with Gasteiger partial charge in [0.15, 0.2) is 0 Å². The highest BCUT2D eigenvalue weighted by atomic mass is 35.5. The van der Waals surface area contributed by atoms with Gasteiger partial charge in [0.2, 0.25) is 15.9 Å². The molecule has 0 aromatic heterocycles. The number of halogens is 1. The number of amides is 1. The van der Waals surface area contributed by atoms with E-state index in [9.17, 15) is 13.2 Å². The van der Waals surface area contributed by atoms with Gasteiger partial charge < -0.3 is 5.32 Å². The van der Waals surface area contributed by atoms with Crippen LogP contribution in [0, 0.1) is 5.92 Å². The van der Waals surface area contributed by atoms with Crippen molar-refractivity contribution in [2.75, 3.05) is 18.4 Å². The Balaban J connectivity index is 1.52. The van der Waals surface area contributed by atoms with Crippen LogP contribution >= 0.6 is 11.6 Å². The maximum absolute atomic E-state index is 13.0. The molecule has 3 aromatic rings. The maximum Gasteiger partial charge on any atom is 0.243 e. The molecule has 1 aliphatic rings. The Kier molecular flexibility index (Phi) is 5.58. The van der Waals surface area contributed by atoms with Gasteiger partial charge in [-0.1, -0.05) is 48.0 Å². The van der Waals surface area contributed by atoms with E-state index >= 15 is 0 Å². The zero-order valence-corrected chi connectivity index (χ0v) is 17.3. The summed E-state index contributed by atoms with van der Waals surface area (Å²) >= 11 is 5.87. The van der Waals surface area contributed by atoms with Crippen LogP contribution in [0.25, 0.3) is 10.8 Å². The van der Waals surface area contributed by atoms with Crippen LogP contribution in [0.2, 0.25) is 5.02 Å². The molecule has 0 spiro atoms. The molecule has 0 bridgehead atoms. The van der Waals surface area contributed by atoms with Crippen LogP contribution in [0.3, 0.4) is 0 Å². The van der Waals surface area contributed by atoms with Crippen molar-refractivity contribution in [3.63, 3.8) is 0 Å². The predicted octanol–water partition coefficient (Wildman–Crippen LogP) is 4.53. The molecule has 1 fully saturated rings. The first-order valence-electron chi connectivity index (χ1n) is 9.49. The van der Waals surface area contributed by atoms with Crippen molar-refractivity contribution in [1.82, 2.24) is 4.31 Å². The van der Waals surface area contributed by atoms with Crippen molar-refractivity contribution in [1.29, 1.82) is 0 Å². The fourth-order valence-corrected chi connectivity index (χ4v) is 5.35. The highest BCUT2D eigenvalue weighted by Crippen LogP contribution is 2.27. The number of anilines is 1. The van der Waals surface area contributed by atoms with Crippen LogP contribution in [-0.4, -0.2) is 31.7 Å². The molecule has 1 aliphatic heterocycles. The molecule has 1 heterocycles. The lowest BCUT2D eigenvalue weighted by atomic mass is 9.98. The van der Waals surface area contributed by atoms with E-state index in [1.54, 1.807) is 12.1 Å². The molecular formula is C22H21ClN2O3S. The number of nitrogens with one attached hydrogen (secondary N) is 1. The summed E-state index contributed by atoms with van der Waals surface area (Å²) in [5.41, 5.74) is 0.741. The molecule has 7 heteroatoms. The highest BCUT2D eigenvalue weighted by molar-refractivity contribution is 7.89. The molecule has 1 atom stereocenters. The molecule has 0 unspecified atom stereocenters. The Hall–Kier alpha value is -2.41. The van der Waals surface area contributed by atoms with Gasteiger partial charge in [0.05, 0.1) is 10.8 Å². The Morgan fingerprint density at radius 1 is 1.00 bits per heavy atom. The molecule has 0 radical (unpaired) electrons. The number of piperidine rings is 1. The molecule has 29 heavy (non-hydrogen) atoms. The van der Waals surface area contributed by atoms with E-state index in [0.29, 0.717) is 24.4 Å². The van der Waals surface area contributed by atoms with Crippen LogP contribution in [0.4, 0.5) is 5.69 Å². The quantitative estimate of drug-likeness (QED) is 0.663. The van der Waals surface area contributed by atoms with Crippen LogP contribution in [0.15, 0.2) is 71.6 Å². The Morgan fingerprint density at radius 3 is 2.52 bits per heavy atom. The zero-order chi connectivity index (χ0) is 20.4. The monoisotopic (exact) mass is 428 g/mol. The molecule has 0 saturated carbocycles. The first-order valence-corrected chi connectivity index (χ1v) is 11.3. The smallest absolute Gasteiger partial charge is 0.243 e. The van der Waals surface area contributed by atoms with Crippen molar-refractivity contribution in [2.24, 2.45) is 5.92 Å². The molecule has 5 nitrogen and oxygen atoms in total.